The van der Waals surface area contributed by atoms with Gasteiger partial charge in [-0.05, 0) is 6.92 Å². The molecule has 0 spiro atoms. The standard InChI is InChI=1S/C7H8N4O4S/c1-4-5(2-8)7(16(9,14)15)11(10-4)3-6(12)13/h3H2,1H3,(H,12,13)(H2,9,14,15). The first-order valence-corrected chi connectivity index (χ1v) is 5.54. The summed E-state index contributed by atoms with van der Waals surface area (Å²) in [6.07, 6.45) is 0. The zero-order valence-electron chi connectivity index (χ0n) is 8.21. The number of carboxylic acid groups (broad SMARTS) is 1. The zero-order chi connectivity index (χ0) is 12.5. The Morgan fingerprint density at radius 1 is 1.69 bits per heavy atom. The molecule has 1 heterocycles. The lowest BCUT2D eigenvalue weighted by Crippen LogP contribution is -2.21. The van der Waals surface area contributed by atoms with Gasteiger partial charge in [0.25, 0.3) is 10.0 Å². The van der Waals surface area contributed by atoms with Crippen LogP contribution in [0.15, 0.2) is 5.03 Å². The molecular formula is C7H8N4O4S. The number of sulfonamides is 1. The number of carboxylic acids is 1. The van der Waals surface area contributed by atoms with E-state index in [0.29, 0.717) is 4.68 Å². The molecule has 0 fully saturated rings. The molecule has 0 saturated heterocycles. The number of nitrogens with zero attached hydrogens (tertiary/aromatic N) is 3. The minimum Gasteiger partial charge on any atom is -0.480 e. The fourth-order valence-corrected chi connectivity index (χ4v) is 2.09. The van der Waals surface area contributed by atoms with Gasteiger partial charge < -0.3 is 5.11 Å². The first kappa shape index (κ1) is 12.2. The summed E-state index contributed by atoms with van der Waals surface area (Å²) in [5.41, 5.74) is -0.114. The van der Waals surface area contributed by atoms with E-state index in [0.717, 1.165) is 0 Å². The third kappa shape index (κ3) is 2.18. The van der Waals surface area contributed by atoms with Crippen molar-refractivity contribution in [1.82, 2.24) is 9.78 Å². The molecule has 0 unspecified atom stereocenters. The van der Waals surface area contributed by atoms with Crippen molar-refractivity contribution in [2.75, 3.05) is 0 Å². The molecule has 0 radical (unpaired) electrons. The van der Waals surface area contributed by atoms with Gasteiger partial charge in [-0.15, -0.1) is 0 Å². The van der Waals surface area contributed by atoms with Crippen molar-refractivity contribution < 1.29 is 18.3 Å². The number of hydrogen-bond donors (Lipinski definition) is 2. The molecule has 1 rings (SSSR count). The Bertz CT molecular complexity index is 580. The van der Waals surface area contributed by atoms with Crippen molar-refractivity contribution in [1.29, 1.82) is 5.26 Å². The van der Waals surface area contributed by atoms with E-state index in [-0.39, 0.29) is 11.3 Å². The van der Waals surface area contributed by atoms with Crippen molar-refractivity contribution in [2.45, 2.75) is 18.5 Å². The number of hydrogen-bond acceptors (Lipinski definition) is 5. The number of nitrogens with two attached hydrogens (primary N) is 1. The van der Waals surface area contributed by atoms with Gasteiger partial charge in [-0.25, -0.2) is 18.2 Å². The second kappa shape index (κ2) is 3.92. The number of carbonyl (C=O) groups is 1. The molecule has 9 heteroatoms. The van der Waals surface area contributed by atoms with Crippen molar-refractivity contribution >= 4 is 16.0 Å². The van der Waals surface area contributed by atoms with Crippen LogP contribution in [-0.4, -0.2) is 29.3 Å². The summed E-state index contributed by atoms with van der Waals surface area (Å²) in [5, 5.41) is 25.2. The van der Waals surface area contributed by atoms with Crippen molar-refractivity contribution in [3.8, 4) is 6.07 Å². The van der Waals surface area contributed by atoms with Gasteiger partial charge in [-0.2, -0.15) is 10.4 Å². The summed E-state index contributed by atoms with van der Waals surface area (Å²) in [7, 11) is -4.19. The monoisotopic (exact) mass is 244 g/mol. The maximum atomic E-state index is 11.2. The lowest BCUT2D eigenvalue weighted by atomic mass is 10.3. The molecule has 0 atom stereocenters. The van der Waals surface area contributed by atoms with E-state index >= 15 is 0 Å². The van der Waals surface area contributed by atoms with Crippen LogP contribution in [0.1, 0.15) is 11.3 Å². The van der Waals surface area contributed by atoms with Crippen LogP contribution >= 0.6 is 0 Å². The summed E-state index contributed by atoms with van der Waals surface area (Å²) >= 11 is 0. The number of nitriles is 1. The van der Waals surface area contributed by atoms with Crippen LogP contribution < -0.4 is 5.14 Å². The van der Waals surface area contributed by atoms with Crippen LogP contribution in [0.2, 0.25) is 0 Å². The van der Waals surface area contributed by atoms with E-state index in [4.69, 9.17) is 15.5 Å². The molecule has 16 heavy (non-hydrogen) atoms. The van der Waals surface area contributed by atoms with Gasteiger partial charge in [0.2, 0.25) is 0 Å². The Labute approximate surface area is 90.9 Å². The number of aryl methyl sites for hydroxylation is 1. The van der Waals surface area contributed by atoms with Crippen molar-refractivity contribution in [2.24, 2.45) is 5.14 Å². The Morgan fingerprint density at radius 2 is 2.25 bits per heavy atom. The third-order valence-corrected chi connectivity index (χ3v) is 2.70. The Morgan fingerprint density at radius 3 is 2.62 bits per heavy atom. The minimum atomic E-state index is -4.19. The van der Waals surface area contributed by atoms with E-state index in [9.17, 15) is 13.2 Å². The van der Waals surface area contributed by atoms with Gasteiger partial charge >= 0.3 is 5.97 Å². The van der Waals surface area contributed by atoms with Crippen molar-refractivity contribution in [3.63, 3.8) is 0 Å². The summed E-state index contributed by atoms with van der Waals surface area (Å²) in [4.78, 5) is 10.5. The average molecular weight is 244 g/mol. The van der Waals surface area contributed by atoms with E-state index in [1.165, 1.54) is 6.92 Å². The van der Waals surface area contributed by atoms with E-state index < -0.39 is 27.6 Å². The summed E-state index contributed by atoms with van der Waals surface area (Å²) in [6, 6.07) is 1.63. The van der Waals surface area contributed by atoms with Gasteiger partial charge in [-0.3, -0.25) is 4.79 Å². The van der Waals surface area contributed by atoms with Crippen LogP contribution in [0, 0.1) is 18.3 Å². The Hall–Kier alpha value is -1.92. The molecule has 0 aromatic carbocycles. The van der Waals surface area contributed by atoms with Gasteiger partial charge in [0.05, 0.1) is 5.69 Å². The van der Waals surface area contributed by atoms with Gasteiger partial charge in [0.1, 0.15) is 18.2 Å². The molecule has 0 saturated carbocycles. The van der Waals surface area contributed by atoms with Crippen LogP contribution in [0.5, 0.6) is 0 Å². The van der Waals surface area contributed by atoms with E-state index in [1.54, 1.807) is 6.07 Å². The molecule has 0 aliphatic rings. The number of aliphatic carboxylic acids is 1. The van der Waals surface area contributed by atoms with Gasteiger partial charge in [0.15, 0.2) is 5.03 Å². The van der Waals surface area contributed by atoms with Crippen LogP contribution in [0.3, 0.4) is 0 Å². The molecule has 0 aliphatic carbocycles. The maximum Gasteiger partial charge on any atom is 0.325 e. The van der Waals surface area contributed by atoms with E-state index in [2.05, 4.69) is 5.10 Å². The molecule has 1 aromatic heterocycles. The number of aromatic nitrogens is 2. The highest BCUT2D eigenvalue weighted by Crippen LogP contribution is 2.16. The summed E-state index contributed by atoms with van der Waals surface area (Å²) in [6.45, 7) is 0.722. The van der Waals surface area contributed by atoms with Gasteiger partial charge in [-0.1, -0.05) is 0 Å². The lowest BCUT2D eigenvalue weighted by molar-refractivity contribution is -0.138. The van der Waals surface area contributed by atoms with E-state index in [1.807, 2.05) is 0 Å². The fraction of sp³-hybridized carbons (Fsp3) is 0.286. The molecule has 0 amide bonds. The Kier molecular flexibility index (Phi) is 2.97. The highest BCUT2D eigenvalue weighted by Gasteiger charge is 2.25. The molecule has 1 aromatic rings. The van der Waals surface area contributed by atoms with Gasteiger partial charge in [0, 0.05) is 0 Å². The van der Waals surface area contributed by atoms with Crippen molar-refractivity contribution in [3.05, 3.63) is 11.3 Å². The fourth-order valence-electron chi connectivity index (χ4n) is 1.21. The summed E-state index contributed by atoms with van der Waals surface area (Å²) < 4.78 is 23.1. The quantitative estimate of drug-likeness (QED) is 0.684. The number of primary sulfonamides is 1. The third-order valence-electron chi connectivity index (χ3n) is 1.75. The average Bonchev–Trinajstić information content (AvgIpc) is 2.39. The first-order chi connectivity index (χ1) is 7.27. The molecule has 8 nitrogen and oxygen atoms in total. The summed E-state index contributed by atoms with van der Waals surface area (Å²) in [5.74, 6) is -1.28. The molecular weight excluding hydrogens is 236 g/mol. The predicted octanol–water partition coefficient (Wildman–Crippen LogP) is -1.20. The zero-order valence-corrected chi connectivity index (χ0v) is 9.02. The predicted molar refractivity (Wildman–Crippen MR) is 50.7 cm³/mol. The normalized spacial score (nSPS) is 11.1. The first-order valence-electron chi connectivity index (χ1n) is 3.99. The highest BCUT2D eigenvalue weighted by atomic mass is 32.2. The molecule has 0 aliphatic heterocycles. The SMILES string of the molecule is Cc1nn(CC(=O)O)c(S(N)(=O)=O)c1C#N. The topological polar surface area (TPSA) is 139 Å². The van der Waals surface area contributed by atoms with Crippen LogP contribution in [-0.2, 0) is 21.4 Å². The lowest BCUT2D eigenvalue weighted by Gasteiger charge is -2.01. The number of rotatable bonds is 3. The van der Waals surface area contributed by atoms with Crippen LogP contribution in [0.25, 0.3) is 0 Å². The largest absolute Gasteiger partial charge is 0.480 e. The second-order valence-corrected chi connectivity index (χ2v) is 4.45. The Balaban J connectivity index is 3.53. The smallest absolute Gasteiger partial charge is 0.325 e. The van der Waals surface area contributed by atoms with Crippen LogP contribution in [0.4, 0.5) is 0 Å². The molecule has 86 valence electrons. The second-order valence-electron chi connectivity index (χ2n) is 2.97. The molecule has 3 N–H and O–H groups in total. The molecule has 0 bridgehead atoms. The highest BCUT2D eigenvalue weighted by molar-refractivity contribution is 7.89. The maximum absolute atomic E-state index is 11.2. The minimum absolute atomic E-state index is 0.118.